The second kappa shape index (κ2) is 12.0. The summed E-state index contributed by atoms with van der Waals surface area (Å²) in [4.78, 5) is 16.6. The van der Waals surface area contributed by atoms with E-state index in [4.69, 9.17) is 4.74 Å². The first-order chi connectivity index (χ1) is 11.5. The molecule has 0 saturated heterocycles. The zero-order chi connectivity index (χ0) is 17.8. The maximum Gasteiger partial charge on any atom is 0.273 e. The molecule has 0 fully saturated rings. The fraction of sp³-hybridized carbons (Fsp3) is 0.647. The standard InChI is InChI=1S/C17H29N3O3S/c1-4-5-6-7-8-9-18-16(22)15-11-20-17(24-15)23-12-14(21)10-19-13(2)3/h4-5,11,13-14,19,21H,6-10,12H2,1-3H3,(H,18,22)/b5-4+. The zero-order valence-corrected chi connectivity index (χ0v) is 15.6. The third kappa shape index (κ3) is 9.00. The molecule has 7 heteroatoms. The predicted molar refractivity (Wildman–Crippen MR) is 97.8 cm³/mol. The molecule has 1 aromatic rings. The Morgan fingerprint density at radius 3 is 2.96 bits per heavy atom. The maximum absolute atomic E-state index is 12.0. The number of carbonyl (C=O) groups is 1. The summed E-state index contributed by atoms with van der Waals surface area (Å²) in [6, 6.07) is 0.313. The second-order valence-corrected chi connectivity index (χ2v) is 6.83. The Hall–Kier alpha value is -1.44. The summed E-state index contributed by atoms with van der Waals surface area (Å²) in [6.45, 7) is 7.30. The van der Waals surface area contributed by atoms with Crippen LogP contribution in [0.4, 0.5) is 0 Å². The number of aliphatic hydroxyl groups excluding tert-OH is 1. The Kier molecular flexibility index (Phi) is 10.3. The summed E-state index contributed by atoms with van der Waals surface area (Å²) in [7, 11) is 0. The van der Waals surface area contributed by atoms with Gasteiger partial charge in [-0.15, -0.1) is 0 Å². The summed E-state index contributed by atoms with van der Waals surface area (Å²) in [5, 5.41) is 16.2. The number of unbranched alkanes of at least 4 members (excludes halogenated alkanes) is 2. The lowest BCUT2D eigenvalue weighted by atomic mass is 10.2. The molecule has 24 heavy (non-hydrogen) atoms. The van der Waals surface area contributed by atoms with Gasteiger partial charge in [-0.1, -0.05) is 37.3 Å². The molecule has 0 aliphatic carbocycles. The molecule has 0 aromatic carbocycles. The Labute approximate surface area is 148 Å². The first-order valence-corrected chi connectivity index (χ1v) is 9.24. The molecular formula is C17H29N3O3S. The smallest absolute Gasteiger partial charge is 0.273 e. The lowest BCUT2D eigenvalue weighted by molar-refractivity contribution is 0.0957. The zero-order valence-electron chi connectivity index (χ0n) is 14.7. The van der Waals surface area contributed by atoms with E-state index in [1.807, 2.05) is 26.8 Å². The fourth-order valence-electron chi connectivity index (χ4n) is 1.87. The number of allylic oxidation sites excluding steroid dienone is 2. The topological polar surface area (TPSA) is 83.5 Å². The predicted octanol–water partition coefficient (Wildman–Crippen LogP) is 2.36. The van der Waals surface area contributed by atoms with Gasteiger partial charge in [0.05, 0.1) is 6.20 Å². The maximum atomic E-state index is 12.0. The minimum atomic E-state index is -0.606. The number of nitrogens with one attached hydrogen (secondary N) is 2. The first kappa shape index (κ1) is 20.6. The first-order valence-electron chi connectivity index (χ1n) is 8.42. The van der Waals surface area contributed by atoms with Gasteiger partial charge in [-0.05, 0) is 26.2 Å². The number of rotatable bonds is 12. The van der Waals surface area contributed by atoms with Gasteiger partial charge in [-0.2, -0.15) is 0 Å². The van der Waals surface area contributed by atoms with Crippen molar-refractivity contribution in [2.75, 3.05) is 19.7 Å². The van der Waals surface area contributed by atoms with E-state index in [9.17, 15) is 9.90 Å². The Morgan fingerprint density at radius 2 is 2.25 bits per heavy atom. The highest BCUT2D eigenvalue weighted by Gasteiger charge is 2.12. The summed E-state index contributed by atoms with van der Waals surface area (Å²) < 4.78 is 5.43. The molecule has 0 aliphatic heterocycles. The van der Waals surface area contributed by atoms with Crippen LogP contribution in [-0.2, 0) is 0 Å². The van der Waals surface area contributed by atoms with Crippen LogP contribution in [0.5, 0.6) is 5.19 Å². The molecule has 3 N–H and O–H groups in total. The van der Waals surface area contributed by atoms with Gasteiger partial charge in [-0.25, -0.2) is 4.98 Å². The average Bonchev–Trinajstić information content (AvgIpc) is 3.03. The number of amides is 1. The molecule has 0 aliphatic rings. The molecule has 1 atom stereocenters. The van der Waals surface area contributed by atoms with Crippen LogP contribution in [-0.4, -0.2) is 47.8 Å². The summed E-state index contributed by atoms with van der Waals surface area (Å²) in [6.07, 6.45) is 8.11. The van der Waals surface area contributed by atoms with E-state index in [1.165, 1.54) is 17.5 Å². The molecule has 0 spiro atoms. The van der Waals surface area contributed by atoms with Crippen molar-refractivity contribution in [1.29, 1.82) is 0 Å². The molecule has 1 unspecified atom stereocenters. The number of aromatic nitrogens is 1. The molecule has 1 heterocycles. The van der Waals surface area contributed by atoms with Crippen LogP contribution in [0.3, 0.4) is 0 Å². The molecule has 1 aromatic heterocycles. The minimum absolute atomic E-state index is 0.129. The lowest BCUT2D eigenvalue weighted by Crippen LogP contribution is -2.35. The Balaban J connectivity index is 2.25. The lowest BCUT2D eigenvalue weighted by Gasteiger charge is -2.13. The van der Waals surface area contributed by atoms with Gasteiger partial charge in [0.25, 0.3) is 11.1 Å². The van der Waals surface area contributed by atoms with E-state index < -0.39 is 6.10 Å². The SMILES string of the molecule is C/C=C/CCCCNC(=O)c1cnc(OCC(O)CNC(C)C)s1. The number of hydrogen-bond acceptors (Lipinski definition) is 6. The van der Waals surface area contributed by atoms with Gasteiger partial charge in [0.2, 0.25) is 0 Å². The number of hydrogen-bond donors (Lipinski definition) is 3. The van der Waals surface area contributed by atoms with Crippen molar-refractivity contribution in [2.45, 2.75) is 52.2 Å². The van der Waals surface area contributed by atoms with Crippen molar-refractivity contribution in [3.05, 3.63) is 23.2 Å². The van der Waals surface area contributed by atoms with E-state index >= 15 is 0 Å². The van der Waals surface area contributed by atoms with Crippen LogP contribution in [0.2, 0.25) is 0 Å². The minimum Gasteiger partial charge on any atom is -0.467 e. The fourth-order valence-corrected chi connectivity index (χ4v) is 2.56. The molecule has 136 valence electrons. The van der Waals surface area contributed by atoms with Gasteiger partial charge in [0, 0.05) is 19.1 Å². The summed E-state index contributed by atoms with van der Waals surface area (Å²) in [5.41, 5.74) is 0. The van der Waals surface area contributed by atoms with Gasteiger partial charge < -0.3 is 20.5 Å². The highest BCUT2D eigenvalue weighted by Crippen LogP contribution is 2.20. The number of carbonyl (C=O) groups excluding carboxylic acids is 1. The second-order valence-electron chi connectivity index (χ2n) is 5.84. The highest BCUT2D eigenvalue weighted by molar-refractivity contribution is 7.15. The van der Waals surface area contributed by atoms with E-state index in [-0.39, 0.29) is 12.5 Å². The molecule has 0 radical (unpaired) electrons. The van der Waals surface area contributed by atoms with Crippen LogP contribution >= 0.6 is 11.3 Å². The van der Waals surface area contributed by atoms with Crippen molar-refractivity contribution >= 4 is 17.2 Å². The normalized spacial score (nSPS) is 12.7. The van der Waals surface area contributed by atoms with E-state index in [0.29, 0.717) is 29.2 Å². The molecule has 0 bridgehead atoms. The molecule has 1 amide bonds. The quantitative estimate of drug-likeness (QED) is 0.396. The number of aliphatic hydroxyl groups is 1. The summed E-state index contributed by atoms with van der Waals surface area (Å²) >= 11 is 1.19. The Bertz CT molecular complexity index is 503. The van der Waals surface area contributed by atoms with Crippen molar-refractivity contribution in [3.8, 4) is 5.19 Å². The third-order valence-corrected chi connectivity index (χ3v) is 4.10. The number of ether oxygens (including phenoxy) is 1. The van der Waals surface area contributed by atoms with E-state index in [1.54, 1.807) is 0 Å². The largest absolute Gasteiger partial charge is 0.467 e. The summed E-state index contributed by atoms with van der Waals surface area (Å²) in [5.74, 6) is -0.129. The van der Waals surface area contributed by atoms with E-state index in [2.05, 4.69) is 21.7 Å². The monoisotopic (exact) mass is 355 g/mol. The van der Waals surface area contributed by atoms with Crippen LogP contribution in [0.1, 0.15) is 49.7 Å². The third-order valence-electron chi connectivity index (χ3n) is 3.19. The molecule has 1 rings (SSSR count). The van der Waals surface area contributed by atoms with E-state index in [0.717, 1.165) is 19.3 Å². The van der Waals surface area contributed by atoms with Crippen LogP contribution < -0.4 is 15.4 Å². The number of nitrogens with zero attached hydrogens (tertiary/aromatic N) is 1. The van der Waals surface area contributed by atoms with Gasteiger partial charge in [0.1, 0.15) is 17.6 Å². The van der Waals surface area contributed by atoms with Crippen molar-refractivity contribution in [2.24, 2.45) is 0 Å². The average molecular weight is 356 g/mol. The van der Waals surface area contributed by atoms with Crippen molar-refractivity contribution in [1.82, 2.24) is 15.6 Å². The molecule has 0 saturated carbocycles. The van der Waals surface area contributed by atoms with Gasteiger partial charge >= 0.3 is 0 Å². The van der Waals surface area contributed by atoms with Crippen LogP contribution in [0, 0.1) is 0 Å². The van der Waals surface area contributed by atoms with Crippen molar-refractivity contribution < 1.29 is 14.6 Å². The molecular weight excluding hydrogens is 326 g/mol. The van der Waals surface area contributed by atoms with Gasteiger partial charge in [0.15, 0.2) is 0 Å². The van der Waals surface area contributed by atoms with Crippen LogP contribution in [0.15, 0.2) is 18.3 Å². The van der Waals surface area contributed by atoms with Crippen molar-refractivity contribution in [3.63, 3.8) is 0 Å². The Morgan fingerprint density at radius 1 is 1.46 bits per heavy atom. The number of thiazole rings is 1. The van der Waals surface area contributed by atoms with Crippen LogP contribution in [0.25, 0.3) is 0 Å². The highest BCUT2D eigenvalue weighted by atomic mass is 32.1. The van der Waals surface area contributed by atoms with Gasteiger partial charge in [-0.3, -0.25) is 4.79 Å². The molecule has 6 nitrogen and oxygen atoms in total.